The fraction of sp³-hybridized carbons (Fsp3) is 0.500. The van der Waals surface area contributed by atoms with Crippen molar-refractivity contribution in [2.75, 3.05) is 0 Å². The van der Waals surface area contributed by atoms with Crippen molar-refractivity contribution in [3.63, 3.8) is 0 Å². The van der Waals surface area contributed by atoms with Crippen LogP contribution in [0, 0.1) is 0 Å². The van der Waals surface area contributed by atoms with E-state index in [1.54, 1.807) is 6.07 Å². The first kappa shape index (κ1) is 26.1. The number of carbonyl (C=O) groups is 2. The molecular formula is C26H37N3O2Se. The summed E-state index contributed by atoms with van der Waals surface area (Å²) in [5.74, 6) is -0.234. The van der Waals surface area contributed by atoms with Crippen LogP contribution in [-0.2, 0) is 5.32 Å². The van der Waals surface area contributed by atoms with Gasteiger partial charge in [-0.05, 0) is 0 Å². The number of hydrogen-bond donors (Lipinski definition) is 0. The van der Waals surface area contributed by atoms with Crippen LogP contribution in [0.3, 0.4) is 0 Å². The van der Waals surface area contributed by atoms with Crippen LogP contribution in [0.25, 0.3) is 0 Å². The summed E-state index contributed by atoms with van der Waals surface area (Å²) in [4.78, 5) is 35.2. The average molecular weight is 503 g/mol. The molecule has 0 bridgehead atoms. The second-order valence-corrected chi connectivity index (χ2v) is 11.3. The molecule has 1 aromatic carbocycles. The van der Waals surface area contributed by atoms with Gasteiger partial charge in [0, 0.05) is 0 Å². The summed E-state index contributed by atoms with van der Waals surface area (Å²) in [5, 5.41) is 0.872. The van der Waals surface area contributed by atoms with Crippen LogP contribution in [0.2, 0.25) is 0 Å². The van der Waals surface area contributed by atoms with Crippen molar-refractivity contribution in [1.82, 2.24) is 14.8 Å². The van der Waals surface area contributed by atoms with E-state index < -0.39 is 0 Å². The average Bonchev–Trinajstić information content (AvgIpc) is 2.71. The zero-order valence-corrected chi connectivity index (χ0v) is 22.3. The van der Waals surface area contributed by atoms with E-state index in [2.05, 4.69) is 17.1 Å². The summed E-state index contributed by atoms with van der Waals surface area (Å²) in [6, 6.07) is 14.2. The zero-order chi connectivity index (χ0) is 24.0. The Labute approximate surface area is 199 Å². The van der Waals surface area contributed by atoms with Gasteiger partial charge in [0.1, 0.15) is 0 Å². The van der Waals surface area contributed by atoms with Gasteiger partial charge in [-0.2, -0.15) is 0 Å². The summed E-state index contributed by atoms with van der Waals surface area (Å²) >= 11 is 0.0241. The zero-order valence-electron chi connectivity index (χ0n) is 20.6. The maximum absolute atomic E-state index is 13.6. The van der Waals surface area contributed by atoms with E-state index in [0.717, 1.165) is 9.78 Å². The van der Waals surface area contributed by atoms with E-state index >= 15 is 0 Å². The molecule has 0 atom stereocenters. The van der Waals surface area contributed by atoms with Gasteiger partial charge in [-0.3, -0.25) is 0 Å². The van der Waals surface area contributed by atoms with E-state index in [0.29, 0.717) is 11.4 Å². The van der Waals surface area contributed by atoms with Gasteiger partial charge < -0.3 is 0 Å². The molecule has 0 N–H and O–H groups in total. The number of hydrogen-bond acceptors (Lipinski definition) is 3. The van der Waals surface area contributed by atoms with Gasteiger partial charge in [0.2, 0.25) is 0 Å². The molecule has 0 saturated heterocycles. The molecule has 0 aliphatic carbocycles. The molecule has 0 spiro atoms. The van der Waals surface area contributed by atoms with Crippen LogP contribution in [0.5, 0.6) is 0 Å². The molecular weight excluding hydrogens is 465 g/mol. The fourth-order valence-corrected chi connectivity index (χ4v) is 5.95. The van der Waals surface area contributed by atoms with E-state index in [4.69, 9.17) is 0 Å². The Bertz CT molecular complexity index is 895. The summed E-state index contributed by atoms with van der Waals surface area (Å²) in [6.45, 7) is 16.1. The molecule has 5 nitrogen and oxygen atoms in total. The van der Waals surface area contributed by atoms with Gasteiger partial charge in [0.25, 0.3) is 0 Å². The van der Waals surface area contributed by atoms with E-state index in [1.165, 1.54) is 5.56 Å². The maximum atomic E-state index is 13.6. The Kier molecular flexibility index (Phi) is 9.47. The Morgan fingerprint density at radius 3 is 1.75 bits per heavy atom. The summed E-state index contributed by atoms with van der Waals surface area (Å²) in [6.07, 6.45) is 0. The number of rotatable bonds is 9. The quantitative estimate of drug-likeness (QED) is 0.485. The standard InChI is InChI=1S/C26H37N3O2Se/c1-17(2)28(18(3)4)25(30)22-14-15-23(32-16-21-12-10-9-11-13-21)24(27-22)26(31)29(19(5)6)20(7)8/h9-15,17-20H,16H2,1-8H3. The molecule has 174 valence electrons. The first-order valence-electron chi connectivity index (χ1n) is 11.4. The van der Waals surface area contributed by atoms with Gasteiger partial charge >= 0.3 is 200 Å². The van der Waals surface area contributed by atoms with Crippen molar-refractivity contribution in [2.45, 2.75) is 84.9 Å². The predicted molar refractivity (Wildman–Crippen MR) is 133 cm³/mol. The normalized spacial score (nSPS) is 11.5. The Hall–Kier alpha value is -2.17. The summed E-state index contributed by atoms with van der Waals surface area (Å²) < 4.78 is 0.940. The Morgan fingerprint density at radius 2 is 1.25 bits per heavy atom. The van der Waals surface area contributed by atoms with Crippen LogP contribution < -0.4 is 4.46 Å². The number of nitrogens with zero attached hydrogens (tertiary/aromatic N) is 3. The van der Waals surface area contributed by atoms with Crippen molar-refractivity contribution < 1.29 is 9.59 Å². The van der Waals surface area contributed by atoms with Crippen LogP contribution >= 0.6 is 0 Å². The Morgan fingerprint density at radius 1 is 0.750 bits per heavy atom. The molecule has 2 amide bonds. The third-order valence-corrected chi connectivity index (χ3v) is 7.56. The van der Waals surface area contributed by atoms with Crippen molar-refractivity contribution in [3.05, 3.63) is 59.4 Å². The first-order valence-corrected chi connectivity index (χ1v) is 13.4. The monoisotopic (exact) mass is 503 g/mol. The fourth-order valence-electron chi connectivity index (χ4n) is 3.96. The van der Waals surface area contributed by atoms with Crippen molar-refractivity contribution in [2.24, 2.45) is 0 Å². The molecule has 0 unspecified atom stereocenters. The number of carbonyl (C=O) groups excluding carboxylic acids is 2. The molecule has 0 aliphatic heterocycles. The second-order valence-electron chi connectivity index (χ2n) is 9.12. The molecule has 0 saturated carbocycles. The van der Waals surface area contributed by atoms with Gasteiger partial charge in [-0.15, -0.1) is 0 Å². The predicted octanol–water partition coefficient (Wildman–Crippen LogP) is 4.13. The van der Waals surface area contributed by atoms with Gasteiger partial charge in [-0.25, -0.2) is 0 Å². The number of aromatic nitrogens is 1. The van der Waals surface area contributed by atoms with Crippen molar-refractivity contribution in [1.29, 1.82) is 0 Å². The van der Waals surface area contributed by atoms with Gasteiger partial charge in [0.05, 0.1) is 0 Å². The van der Waals surface area contributed by atoms with Crippen LogP contribution in [0.15, 0.2) is 42.5 Å². The Balaban J connectivity index is 2.49. The summed E-state index contributed by atoms with van der Waals surface area (Å²) in [5.41, 5.74) is 1.99. The van der Waals surface area contributed by atoms with Crippen LogP contribution in [-0.4, -0.2) is 65.7 Å². The topological polar surface area (TPSA) is 53.5 Å². The molecule has 32 heavy (non-hydrogen) atoms. The van der Waals surface area contributed by atoms with E-state index in [-0.39, 0.29) is 50.9 Å². The van der Waals surface area contributed by atoms with Gasteiger partial charge in [-0.1, -0.05) is 0 Å². The minimum atomic E-state index is -0.133. The van der Waals surface area contributed by atoms with Crippen LogP contribution in [0.1, 0.15) is 81.9 Å². The molecule has 0 aliphatic rings. The van der Waals surface area contributed by atoms with E-state index in [1.807, 2.05) is 89.5 Å². The molecule has 2 rings (SSSR count). The second kappa shape index (κ2) is 11.6. The first-order chi connectivity index (χ1) is 15.0. The third kappa shape index (κ3) is 6.43. The SMILES string of the molecule is CC(C)N(C(=O)c1ccc([Se]Cc2ccccc2)c(C(=O)N(C(C)C)C(C)C)n1)C(C)C. The van der Waals surface area contributed by atoms with Crippen LogP contribution in [0.4, 0.5) is 0 Å². The summed E-state index contributed by atoms with van der Waals surface area (Å²) in [7, 11) is 0. The minimum absolute atomic E-state index is 0.0241. The molecule has 1 heterocycles. The number of pyridine rings is 1. The number of benzene rings is 1. The molecule has 2 aromatic rings. The van der Waals surface area contributed by atoms with Gasteiger partial charge in [0.15, 0.2) is 0 Å². The number of amides is 2. The molecule has 6 heteroatoms. The molecule has 0 fully saturated rings. The molecule has 0 radical (unpaired) electrons. The molecule has 1 aromatic heterocycles. The third-order valence-electron chi connectivity index (χ3n) is 5.21. The van der Waals surface area contributed by atoms with Crippen molar-refractivity contribution >= 4 is 31.2 Å². The van der Waals surface area contributed by atoms with E-state index in [9.17, 15) is 9.59 Å². The van der Waals surface area contributed by atoms with Crippen molar-refractivity contribution in [3.8, 4) is 0 Å².